The van der Waals surface area contributed by atoms with Gasteiger partial charge in [-0.25, -0.2) is 0 Å². The number of hydrogen-bond donors (Lipinski definition) is 0. The van der Waals surface area contributed by atoms with Gasteiger partial charge in [0.15, 0.2) is 0 Å². The maximum absolute atomic E-state index is 12.8. The Morgan fingerprint density at radius 2 is 1.73 bits per heavy atom. The lowest BCUT2D eigenvalue weighted by Crippen LogP contribution is -2.49. The van der Waals surface area contributed by atoms with E-state index in [1.54, 1.807) is 7.11 Å². The van der Waals surface area contributed by atoms with Crippen LogP contribution in [0.5, 0.6) is 11.5 Å². The van der Waals surface area contributed by atoms with E-state index in [0.717, 1.165) is 41.4 Å². The molecule has 0 aliphatic carbocycles. The number of fused-ring (bicyclic) bond motifs is 1. The Hall–Kier alpha value is -2.95. The number of ether oxygens (including phenoxy) is 2. The number of anilines is 1. The summed E-state index contributed by atoms with van der Waals surface area (Å²) in [7, 11) is 1.67. The van der Waals surface area contributed by atoms with E-state index in [2.05, 4.69) is 17.0 Å². The maximum Gasteiger partial charge on any atom is 0.253 e. The smallest absolute Gasteiger partial charge is 0.253 e. The van der Waals surface area contributed by atoms with Gasteiger partial charge in [0.1, 0.15) is 18.1 Å². The average molecular weight is 350 g/mol. The fourth-order valence-electron chi connectivity index (χ4n) is 3.40. The fourth-order valence-corrected chi connectivity index (χ4v) is 3.40. The van der Waals surface area contributed by atoms with E-state index in [0.29, 0.717) is 19.7 Å². The second-order valence-electron chi connectivity index (χ2n) is 6.47. The van der Waals surface area contributed by atoms with Crippen molar-refractivity contribution in [2.75, 3.05) is 44.8 Å². The summed E-state index contributed by atoms with van der Waals surface area (Å²) in [4.78, 5) is 17.0. The number of piperazine rings is 1. The highest BCUT2D eigenvalue weighted by Crippen LogP contribution is 2.27. The van der Waals surface area contributed by atoms with Gasteiger partial charge in [-0.15, -0.1) is 0 Å². The molecule has 0 radical (unpaired) electrons. The molecule has 1 amide bonds. The van der Waals surface area contributed by atoms with E-state index in [1.165, 1.54) is 0 Å². The fraction of sp³-hybridized carbons (Fsp3) is 0.286. The number of rotatable bonds is 3. The first-order valence-electron chi connectivity index (χ1n) is 8.85. The van der Waals surface area contributed by atoms with E-state index >= 15 is 0 Å². The molecule has 26 heavy (non-hydrogen) atoms. The van der Waals surface area contributed by atoms with Gasteiger partial charge in [-0.1, -0.05) is 18.2 Å². The normalized spacial score (nSPS) is 16.4. The largest absolute Gasteiger partial charge is 0.497 e. The first-order chi connectivity index (χ1) is 12.7. The van der Waals surface area contributed by atoms with Crippen LogP contribution in [-0.2, 0) is 4.79 Å². The van der Waals surface area contributed by atoms with Gasteiger partial charge < -0.3 is 19.3 Å². The number of methoxy groups -OCH3 is 1. The molecular formula is C21H22N2O3. The molecule has 0 spiro atoms. The third-order valence-corrected chi connectivity index (χ3v) is 4.91. The average Bonchev–Trinajstić information content (AvgIpc) is 2.73. The highest BCUT2D eigenvalue weighted by molar-refractivity contribution is 5.99. The van der Waals surface area contributed by atoms with Crippen LogP contribution in [0.2, 0.25) is 0 Å². The van der Waals surface area contributed by atoms with Crippen LogP contribution >= 0.6 is 0 Å². The minimum Gasteiger partial charge on any atom is -0.497 e. The second-order valence-corrected chi connectivity index (χ2v) is 6.47. The van der Waals surface area contributed by atoms with Crippen LogP contribution in [0.15, 0.2) is 54.1 Å². The lowest BCUT2D eigenvalue weighted by Gasteiger charge is -2.36. The molecule has 2 aromatic rings. The lowest BCUT2D eigenvalue weighted by molar-refractivity contribution is -0.127. The zero-order valence-corrected chi connectivity index (χ0v) is 14.9. The third kappa shape index (κ3) is 3.25. The van der Waals surface area contributed by atoms with Gasteiger partial charge >= 0.3 is 0 Å². The van der Waals surface area contributed by atoms with Crippen molar-refractivity contribution in [3.63, 3.8) is 0 Å². The second kappa shape index (κ2) is 7.12. The van der Waals surface area contributed by atoms with Crippen molar-refractivity contribution in [3.05, 3.63) is 59.7 Å². The number of carbonyl (C=O) groups excluding carboxylic acids is 1. The van der Waals surface area contributed by atoms with Crippen LogP contribution in [0, 0.1) is 0 Å². The first kappa shape index (κ1) is 16.5. The quantitative estimate of drug-likeness (QED) is 0.854. The molecule has 2 heterocycles. The highest BCUT2D eigenvalue weighted by Gasteiger charge is 2.25. The van der Waals surface area contributed by atoms with E-state index in [1.807, 2.05) is 47.4 Å². The van der Waals surface area contributed by atoms with Crippen LogP contribution in [0.3, 0.4) is 0 Å². The van der Waals surface area contributed by atoms with Crippen LogP contribution < -0.4 is 14.4 Å². The molecule has 2 aliphatic rings. The van der Waals surface area contributed by atoms with Crippen molar-refractivity contribution < 1.29 is 14.3 Å². The van der Waals surface area contributed by atoms with Crippen molar-refractivity contribution in [3.8, 4) is 11.5 Å². The topological polar surface area (TPSA) is 42.0 Å². The van der Waals surface area contributed by atoms with Gasteiger partial charge in [0.25, 0.3) is 5.91 Å². The van der Waals surface area contributed by atoms with Crippen molar-refractivity contribution in [1.82, 2.24) is 4.90 Å². The van der Waals surface area contributed by atoms with Gasteiger partial charge in [-0.05, 0) is 36.4 Å². The van der Waals surface area contributed by atoms with Gasteiger partial charge in [-0.2, -0.15) is 0 Å². The highest BCUT2D eigenvalue weighted by atomic mass is 16.5. The van der Waals surface area contributed by atoms with E-state index in [-0.39, 0.29) is 5.91 Å². The van der Waals surface area contributed by atoms with Gasteiger partial charge in [0.05, 0.1) is 12.7 Å². The number of amides is 1. The molecule has 0 N–H and O–H groups in total. The molecule has 0 bridgehead atoms. The maximum atomic E-state index is 12.8. The molecule has 4 rings (SSSR count). The molecule has 5 nitrogen and oxygen atoms in total. The molecule has 1 saturated heterocycles. The van der Waals surface area contributed by atoms with Crippen molar-refractivity contribution in [1.29, 1.82) is 0 Å². The summed E-state index contributed by atoms with van der Waals surface area (Å²) in [5.41, 5.74) is 2.85. The molecular weight excluding hydrogens is 328 g/mol. The number of nitrogens with zero attached hydrogens (tertiary/aromatic N) is 2. The van der Waals surface area contributed by atoms with Crippen LogP contribution in [0.25, 0.3) is 6.08 Å². The molecule has 134 valence electrons. The summed E-state index contributed by atoms with van der Waals surface area (Å²) in [6, 6.07) is 15.9. The molecule has 5 heteroatoms. The molecule has 0 atom stereocenters. The Morgan fingerprint density at radius 1 is 1.00 bits per heavy atom. The van der Waals surface area contributed by atoms with E-state index < -0.39 is 0 Å². The SMILES string of the molecule is COc1ccc(N2CCN(C(=O)C3=Cc4ccccc4OC3)CC2)cc1. The predicted molar refractivity (Wildman–Crippen MR) is 102 cm³/mol. The molecule has 0 unspecified atom stereocenters. The predicted octanol–water partition coefficient (Wildman–Crippen LogP) is 2.82. The number of hydrogen-bond acceptors (Lipinski definition) is 4. The summed E-state index contributed by atoms with van der Waals surface area (Å²) in [5.74, 6) is 1.77. The van der Waals surface area contributed by atoms with E-state index in [4.69, 9.17) is 9.47 Å². The molecule has 1 fully saturated rings. The first-order valence-corrected chi connectivity index (χ1v) is 8.85. The summed E-state index contributed by atoms with van der Waals surface area (Å²) in [6.07, 6.45) is 1.96. The van der Waals surface area contributed by atoms with Crippen molar-refractivity contribution in [2.45, 2.75) is 0 Å². The Labute approximate surface area is 153 Å². The Morgan fingerprint density at radius 3 is 2.46 bits per heavy atom. The number of benzene rings is 2. The van der Waals surface area contributed by atoms with E-state index in [9.17, 15) is 4.79 Å². The van der Waals surface area contributed by atoms with Gasteiger partial charge in [0.2, 0.25) is 0 Å². The Kier molecular flexibility index (Phi) is 4.52. The van der Waals surface area contributed by atoms with Gasteiger partial charge in [-0.3, -0.25) is 4.79 Å². The van der Waals surface area contributed by atoms with Crippen LogP contribution in [0.1, 0.15) is 5.56 Å². The molecule has 2 aliphatic heterocycles. The Balaban J connectivity index is 1.40. The number of carbonyl (C=O) groups is 1. The minimum absolute atomic E-state index is 0.0777. The zero-order chi connectivity index (χ0) is 17.9. The van der Waals surface area contributed by atoms with Crippen molar-refractivity contribution in [2.24, 2.45) is 0 Å². The van der Waals surface area contributed by atoms with Crippen molar-refractivity contribution >= 4 is 17.7 Å². The summed E-state index contributed by atoms with van der Waals surface area (Å²) >= 11 is 0. The zero-order valence-electron chi connectivity index (χ0n) is 14.9. The lowest BCUT2D eigenvalue weighted by atomic mass is 10.1. The Bertz CT molecular complexity index is 821. The molecule has 0 saturated carbocycles. The minimum atomic E-state index is 0.0777. The van der Waals surface area contributed by atoms with Gasteiger partial charge in [0, 0.05) is 37.4 Å². The monoisotopic (exact) mass is 350 g/mol. The number of para-hydroxylation sites is 1. The van der Waals surface area contributed by atoms with Crippen LogP contribution in [-0.4, -0.2) is 50.7 Å². The standard InChI is InChI=1S/C21H22N2O3/c1-25-19-8-6-18(7-9-19)22-10-12-23(13-11-22)21(24)17-14-16-4-2-3-5-20(16)26-15-17/h2-9,14H,10-13,15H2,1H3. The third-order valence-electron chi connectivity index (χ3n) is 4.91. The summed E-state index contributed by atoms with van der Waals surface area (Å²) < 4.78 is 10.9. The summed E-state index contributed by atoms with van der Waals surface area (Å²) in [6.45, 7) is 3.41. The van der Waals surface area contributed by atoms with Crippen LogP contribution in [0.4, 0.5) is 5.69 Å². The molecule has 0 aromatic heterocycles. The summed E-state index contributed by atoms with van der Waals surface area (Å²) in [5, 5.41) is 0. The molecule has 2 aromatic carbocycles.